The van der Waals surface area contributed by atoms with Crippen LogP contribution in [-0.4, -0.2) is 8.42 Å². The molecule has 0 fully saturated rings. The predicted molar refractivity (Wildman–Crippen MR) is 77.8 cm³/mol. The van der Waals surface area contributed by atoms with Gasteiger partial charge in [-0.25, -0.2) is 12.8 Å². The maximum Gasteiger partial charge on any atom is 0.264 e. The Balaban J connectivity index is 2.41. The molecule has 0 radical (unpaired) electrons. The summed E-state index contributed by atoms with van der Waals surface area (Å²) >= 11 is 5.58. The molecule has 2 aromatic rings. The Labute approximate surface area is 125 Å². The third kappa shape index (κ3) is 3.24. The van der Waals surface area contributed by atoms with Crippen molar-refractivity contribution >= 4 is 33.0 Å². The second kappa shape index (κ2) is 5.60. The van der Waals surface area contributed by atoms with E-state index in [0.29, 0.717) is 5.56 Å². The summed E-state index contributed by atoms with van der Waals surface area (Å²) in [5.41, 5.74) is 6.06. The zero-order valence-corrected chi connectivity index (χ0v) is 12.0. The molecule has 0 aliphatic heterocycles. The third-order valence-electron chi connectivity index (χ3n) is 2.57. The number of nitrogens with one attached hydrogen (secondary N) is 1. The van der Waals surface area contributed by atoms with Crippen molar-refractivity contribution in [2.45, 2.75) is 4.90 Å². The second-order valence-corrected chi connectivity index (χ2v) is 6.17. The molecule has 0 bridgehead atoms. The molecule has 21 heavy (non-hydrogen) atoms. The zero-order chi connectivity index (χ0) is 15.6. The Hall–Kier alpha value is -2.30. The van der Waals surface area contributed by atoms with Gasteiger partial charge in [-0.3, -0.25) is 4.72 Å². The zero-order valence-electron chi connectivity index (χ0n) is 10.5. The van der Waals surface area contributed by atoms with E-state index in [0.717, 1.165) is 12.1 Å². The Morgan fingerprint density at radius 3 is 2.43 bits per heavy atom. The molecule has 0 aliphatic carbocycles. The molecule has 2 rings (SSSR count). The highest BCUT2D eigenvalue weighted by Gasteiger charge is 2.22. The van der Waals surface area contributed by atoms with Crippen molar-refractivity contribution < 1.29 is 12.8 Å². The Bertz CT molecular complexity index is 830. The molecule has 0 atom stereocenters. The minimum Gasteiger partial charge on any atom is -0.399 e. The highest BCUT2D eigenvalue weighted by molar-refractivity contribution is 7.92. The third-order valence-corrected chi connectivity index (χ3v) is 4.23. The summed E-state index contributed by atoms with van der Waals surface area (Å²) in [4.78, 5) is -0.642. The van der Waals surface area contributed by atoms with Crippen LogP contribution < -0.4 is 10.5 Å². The number of halogens is 2. The first-order valence-corrected chi connectivity index (χ1v) is 7.47. The van der Waals surface area contributed by atoms with Crippen molar-refractivity contribution in [1.29, 1.82) is 5.26 Å². The minimum atomic E-state index is -4.18. The molecule has 108 valence electrons. The summed E-state index contributed by atoms with van der Waals surface area (Å²) < 4.78 is 40.3. The van der Waals surface area contributed by atoms with Gasteiger partial charge in [0.1, 0.15) is 4.90 Å². The molecular formula is C13H9ClFN3O2S. The first kappa shape index (κ1) is 15.1. The number of sulfonamides is 1. The van der Waals surface area contributed by atoms with Gasteiger partial charge in [0.15, 0.2) is 5.82 Å². The second-order valence-electron chi connectivity index (χ2n) is 4.11. The molecular weight excluding hydrogens is 317 g/mol. The fraction of sp³-hybridized carbons (Fsp3) is 0. The Morgan fingerprint density at radius 2 is 1.86 bits per heavy atom. The Morgan fingerprint density at radius 1 is 1.24 bits per heavy atom. The summed E-state index contributed by atoms with van der Waals surface area (Å²) in [6, 6.07) is 9.65. The van der Waals surface area contributed by atoms with Crippen LogP contribution in [0.3, 0.4) is 0 Å². The molecule has 0 spiro atoms. The summed E-state index contributed by atoms with van der Waals surface area (Å²) in [7, 11) is -4.18. The van der Waals surface area contributed by atoms with Gasteiger partial charge in [0.2, 0.25) is 0 Å². The van der Waals surface area contributed by atoms with Gasteiger partial charge >= 0.3 is 0 Å². The number of nitriles is 1. The summed E-state index contributed by atoms with van der Waals surface area (Å²) in [6.07, 6.45) is 0. The Kier molecular flexibility index (Phi) is 4.02. The standard InChI is InChI=1S/C13H9ClFN3O2S/c14-11-5-9(17)6-12(13(11)15)21(19,20)18-10-3-1-8(7-16)2-4-10/h1-6,18H,17H2. The molecule has 0 heterocycles. The molecule has 2 aromatic carbocycles. The summed E-state index contributed by atoms with van der Waals surface area (Å²) in [6.45, 7) is 0. The molecule has 5 nitrogen and oxygen atoms in total. The lowest BCUT2D eigenvalue weighted by Gasteiger charge is -2.10. The molecule has 0 aromatic heterocycles. The van der Waals surface area contributed by atoms with Crippen molar-refractivity contribution in [3.8, 4) is 6.07 Å². The number of anilines is 2. The van der Waals surface area contributed by atoms with E-state index < -0.39 is 20.7 Å². The van der Waals surface area contributed by atoms with E-state index in [9.17, 15) is 12.8 Å². The quantitative estimate of drug-likeness (QED) is 0.848. The van der Waals surface area contributed by atoms with Gasteiger partial charge in [-0.15, -0.1) is 0 Å². The van der Waals surface area contributed by atoms with Crippen LogP contribution in [0.2, 0.25) is 5.02 Å². The van der Waals surface area contributed by atoms with Crippen molar-refractivity contribution in [2.75, 3.05) is 10.5 Å². The number of nitrogens with zero attached hydrogens (tertiary/aromatic N) is 1. The first-order valence-electron chi connectivity index (χ1n) is 5.61. The van der Waals surface area contributed by atoms with Gasteiger partial charge < -0.3 is 5.73 Å². The van der Waals surface area contributed by atoms with Crippen LogP contribution >= 0.6 is 11.6 Å². The van der Waals surface area contributed by atoms with Gasteiger partial charge in [0.25, 0.3) is 10.0 Å². The average Bonchev–Trinajstić information content (AvgIpc) is 2.43. The molecule has 0 saturated carbocycles. The number of nitrogens with two attached hydrogens (primary N) is 1. The van der Waals surface area contributed by atoms with Gasteiger partial charge in [0, 0.05) is 11.4 Å². The van der Waals surface area contributed by atoms with E-state index in [1.165, 1.54) is 24.3 Å². The monoisotopic (exact) mass is 325 g/mol. The highest BCUT2D eigenvalue weighted by atomic mass is 35.5. The number of nitrogen functional groups attached to an aromatic ring is 1. The molecule has 0 saturated heterocycles. The summed E-state index contributed by atoms with van der Waals surface area (Å²) in [5.74, 6) is -1.08. The lowest BCUT2D eigenvalue weighted by atomic mass is 10.2. The van der Waals surface area contributed by atoms with Crippen molar-refractivity contribution in [1.82, 2.24) is 0 Å². The van der Waals surface area contributed by atoms with Gasteiger partial charge in [0.05, 0.1) is 16.7 Å². The number of hydrogen-bond donors (Lipinski definition) is 2. The number of hydrogen-bond acceptors (Lipinski definition) is 4. The fourth-order valence-electron chi connectivity index (χ4n) is 1.60. The lowest BCUT2D eigenvalue weighted by Crippen LogP contribution is -2.15. The van der Waals surface area contributed by atoms with Crippen LogP contribution in [0.1, 0.15) is 5.56 Å². The van der Waals surface area contributed by atoms with Crippen molar-refractivity contribution in [3.05, 3.63) is 52.8 Å². The molecule has 3 N–H and O–H groups in total. The van der Waals surface area contributed by atoms with Crippen molar-refractivity contribution in [2.24, 2.45) is 0 Å². The fourth-order valence-corrected chi connectivity index (χ4v) is 3.08. The van der Waals surface area contributed by atoms with E-state index in [1.54, 1.807) is 0 Å². The highest BCUT2D eigenvalue weighted by Crippen LogP contribution is 2.27. The van der Waals surface area contributed by atoms with E-state index in [1.807, 2.05) is 6.07 Å². The smallest absolute Gasteiger partial charge is 0.264 e. The van der Waals surface area contributed by atoms with E-state index >= 15 is 0 Å². The lowest BCUT2D eigenvalue weighted by molar-refractivity contribution is 0.571. The largest absolute Gasteiger partial charge is 0.399 e. The molecule has 0 amide bonds. The predicted octanol–water partition coefficient (Wildman–Crippen LogP) is 2.73. The van der Waals surface area contributed by atoms with Crippen LogP contribution in [0.4, 0.5) is 15.8 Å². The SMILES string of the molecule is N#Cc1ccc(NS(=O)(=O)c2cc(N)cc(Cl)c2F)cc1. The van der Waals surface area contributed by atoms with Gasteiger partial charge in [-0.2, -0.15) is 5.26 Å². The van der Waals surface area contributed by atoms with E-state index in [4.69, 9.17) is 22.6 Å². The maximum absolute atomic E-state index is 13.8. The first-order chi connectivity index (χ1) is 9.83. The number of benzene rings is 2. The van der Waals surface area contributed by atoms with Crippen molar-refractivity contribution in [3.63, 3.8) is 0 Å². The molecule has 0 aliphatic rings. The van der Waals surface area contributed by atoms with Gasteiger partial charge in [-0.1, -0.05) is 11.6 Å². The molecule has 8 heteroatoms. The maximum atomic E-state index is 13.8. The van der Waals surface area contributed by atoms with E-state index in [2.05, 4.69) is 4.72 Å². The minimum absolute atomic E-state index is 0.0293. The normalized spacial score (nSPS) is 10.9. The van der Waals surface area contributed by atoms with Crippen LogP contribution in [0.25, 0.3) is 0 Å². The summed E-state index contributed by atoms with van der Waals surface area (Å²) in [5, 5.41) is 8.29. The van der Waals surface area contributed by atoms with Gasteiger partial charge in [-0.05, 0) is 36.4 Å². The van der Waals surface area contributed by atoms with Crippen LogP contribution in [0.15, 0.2) is 41.3 Å². The number of rotatable bonds is 3. The van der Waals surface area contributed by atoms with Crippen LogP contribution in [-0.2, 0) is 10.0 Å². The van der Waals surface area contributed by atoms with E-state index in [-0.39, 0.29) is 16.4 Å². The van der Waals surface area contributed by atoms with Crippen LogP contribution in [0, 0.1) is 17.1 Å². The molecule has 0 unspecified atom stereocenters. The van der Waals surface area contributed by atoms with Crippen LogP contribution in [0.5, 0.6) is 0 Å². The topological polar surface area (TPSA) is 96.0 Å². The average molecular weight is 326 g/mol.